The highest BCUT2D eigenvalue weighted by molar-refractivity contribution is 5.75. The molecule has 1 aromatic rings. The number of carbonyl (C=O) groups is 1. The molecule has 22 heavy (non-hydrogen) atoms. The zero-order valence-corrected chi connectivity index (χ0v) is 13.4. The van der Waals surface area contributed by atoms with Crippen LogP contribution >= 0.6 is 0 Å². The number of rotatable bonds is 8. The molecule has 0 aromatic carbocycles. The van der Waals surface area contributed by atoms with Crippen molar-refractivity contribution in [3.63, 3.8) is 0 Å². The molecule has 124 valence electrons. The molecule has 1 fully saturated rings. The average molecular weight is 309 g/mol. The average Bonchev–Trinajstić information content (AvgIpc) is 2.94. The summed E-state index contributed by atoms with van der Waals surface area (Å²) in [5.74, 6) is 1.32. The van der Waals surface area contributed by atoms with Gasteiger partial charge in [-0.1, -0.05) is 31.3 Å². The Morgan fingerprint density at radius 3 is 2.82 bits per heavy atom. The van der Waals surface area contributed by atoms with E-state index in [2.05, 4.69) is 22.4 Å². The van der Waals surface area contributed by atoms with Crippen LogP contribution in [0.3, 0.4) is 0 Å². The fourth-order valence-corrected chi connectivity index (χ4v) is 2.86. The Kier molecular flexibility index (Phi) is 6.36. The van der Waals surface area contributed by atoms with E-state index in [1.54, 1.807) is 0 Å². The van der Waals surface area contributed by atoms with E-state index >= 15 is 0 Å². The molecule has 0 bridgehead atoms. The van der Waals surface area contributed by atoms with Crippen LogP contribution in [0.15, 0.2) is 4.52 Å². The van der Waals surface area contributed by atoms with Crippen molar-refractivity contribution in [3.8, 4) is 0 Å². The van der Waals surface area contributed by atoms with Gasteiger partial charge in [-0.3, -0.25) is 4.79 Å². The van der Waals surface area contributed by atoms with Crippen molar-refractivity contribution in [2.24, 2.45) is 0 Å². The van der Waals surface area contributed by atoms with Gasteiger partial charge in [0.25, 0.3) is 0 Å². The molecule has 2 rings (SSSR count). The standard InChI is InChI=1S/C16H27N3O3/c1-2-7-13-18-15(22-19-13)9-6-8-14(20)17-12-16(21)10-4-3-5-11-16/h21H,2-12H2,1H3,(H,17,20). The molecule has 2 N–H and O–H groups in total. The van der Waals surface area contributed by atoms with Gasteiger partial charge in [-0.25, -0.2) is 0 Å². The lowest BCUT2D eigenvalue weighted by molar-refractivity contribution is -0.122. The highest BCUT2D eigenvalue weighted by Crippen LogP contribution is 2.27. The minimum absolute atomic E-state index is 0.0210. The van der Waals surface area contributed by atoms with Gasteiger partial charge < -0.3 is 14.9 Å². The highest BCUT2D eigenvalue weighted by Gasteiger charge is 2.29. The number of nitrogens with one attached hydrogen (secondary N) is 1. The Labute approximate surface area is 131 Å². The molecular formula is C16H27N3O3. The van der Waals surface area contributed by atoms with Gasteiger partial charge in [0.15, 0.2) is 5.82 Å². The van der Waals surface area contributed by atoms with Crippen molar-refractivity contribution >= 4 is 5.91 Å². The predicted molar refractivity (Wildman–Crippen MR) is 82.3 cm³/mol. The minimum atomic E-state index is -0.699. The van der Waals surface area contributed by atoms with E-state index in [4.69, 9.17) is 4.52 Å². The summed E-state index contributed by atoms with van der Waals surface area (Å²) in [6.45, 7) is 2.44. The third-order valence-corrected chi connectivity index (χ3v) is 4.18. The van der Waals surface area contributed by atoms with E-state index in [1.807, 2.05) is 0 Å². The second-order valence-electron chi connectivity index (χ2n) is 6.27. The van der Waals surface area contributed by atoms with Gasteiger partial charge >= 0.3 is 0 Å². The first-order valence-electron chi connectivity index (χ1n) is 8.42. The maximum Gasteiger partial charge on any atom is 0.226 e. The molecule has 1 saturated carbocycles. The smallest absolute Gasteiger partial charge is 0.226 e. The van der Waals surface area contributed by atoms with Crippen LogP contribution in [0.4, 0.5) is 0 Å². The predicted octanol–water partition coefficient (Wildman–Crippen LogP) is 2.16. The third kappa shape index (κ3) is 5.40. The lowest BCUT2D eigenvalue weighted by Crippen LogP contribution is -2.44. The van der Waals surface area contributed by atoms with Gasteiger partial charge in [-0.05, 0) is 25.7 Å². The number of nitrogens with zero attached hydrogens (tertiary/aromatic N) is 2. The van der Waals surface area contributed by atoms with Crippen LogP contribution in [0, 0.1) is 0 Å². The quantitative estimate of drug-likeness (QED) is 0.768. The maximum atomic E-state index is 11.8. The molecule has 0 saturated heterocycles. The van der Waals surface area contributed by atoms with Gasteiger partial charge in [0.1, 0.15) is 0 Å². The maximum absolute atomic E-state index is 11.8. The number of hydrogen-bond acceptors (Lipinski definition) is 5. The monoisotopic (exact) mass is 309 g/mol. The first-order valence-corrected chi connectivity index (χ1v) is 8.42. The molecule has 1 aliphatic carbocycles. The second kappa shape index (κ2) is 8.27. The molecule has 1 amide bonds. The Morgan fingerprint density at radius 1 is 1.32 bits per heavy atom. The second-order valence-corrected chi connectivity index (χ2v) is 6.27. The largest absolute Gasteiger partial charge is 0.388 e. The SMILES string of the molecule is CCCc1noc(CCCC(=O)NCC2(O)CCCCC2)n1. The van der Waals surface area contributed by atoms with E-state index in [0.717, 1.165) is 44.3 Å². The van der Waals surface area contributed by atoms with Crippen molar-refractivity contribution in [2.75, 3.05) is 6.54 Å². The van der Waals surface area contributed by atoms with E-state index in [1.165, 1.54) is 6.42 Å². The normalized spacial score (nSPS) is 17.4. The van der Waals surface area contributed by atoms with Crippen LogP contribution < -0.4 is 5.32 Å². The first-order chi connectivity index (χ1) is 10.6. The molecule has 6 heteroatoms. The van der Waals surface area contributed by atoms with Crippen LogP contribution in [-0.4, -0.2) is 33.3 Å². The number of hydrogen-bond donors (Lipinski definition) is 2. The number of aryl methyl sites for hydroxylation is 2. The first kappa shape index (κ1) is 16.9. The van der Waals surface area contributed by atoms with Crippen molar-refractivity contribution in [1.82, 2.24) is 15.5 Å². The summed E-state index contributed by atoms with van der Waals surface area (Å²) in [5, 5.41) is 17.1. The fourth-order valence-electron chi connectivity index (χ4n) is 2.86. The summed E-state index contributed by atoms with van der Waals surface area (Å²) in [6.07, 6.45) is 8.37. The number of aliphatic hydroxyl groups is 1. The molecule has 0 unspecified atom stereocenters. The summed E-state index contributed by atoms with van der Waals surface area (Å²) in [7, 11) is 0. The number of carbonyl (C=O) groups excluding carboxylic acids is 1. The van der Waals surface area contributed by atoms with E-state index < -0.39 is 5.60 Å². The molecule has 0 atom stereocenters. The van der Waals surface area contributed by atoms with Crippen LogP contribution in [0.5, 0.6) is 0 Å². The molecule has 1 aliphatic rings. The van der Waals surface area contributed by atoms with Crippen LogP contribution in [0.25, 0.3) is 0 Å². The van der Waals surface area contributed by atoms with Gasteiger partial charge in [0.05, 0.1) is 5.60 Å². The van der Waals surface area contributed by atoms with Gasteiger partial charge in [-0.2, -0.15) is 4.98 Å². The van der Waals surface area contributed by atoms with Crippen molar-refractivity contribution < 1.29 is 14.4 Å². The van der Waals surface area contributed by atoms with Crippen LogP contribution in [-0.2, 0) is 17.6 Å². The Bertz CT molecular complexity index is 467. The molecule has 0 aliphatic heterocycles. The fraction of sp³-hybridized carbons (Fsp3) is 0.812. The molecular weight excluding hydrogens is 282 g/mol. The number of amides is 1. The van der Waals surface area contributed by atoms with Gasteiger partial charge in [-0.15, -0.1) is 0 Å². The van der Waals surface area contributed by atoms with Crippen LogP contribution in [0.1, 0.15) is 70.0 Å². The van der Waals surface area contributed by atoms with E-state index in [9.17, 15) is 9.90 Å². The van der Waals surface area contributed by atoms with Crippen molar-refractivity contribution in [2.45, 2.75) is 76.7 Å². The summed E-state index contributed by atoms with van der Waals surface area (Å²) in [5.41, 5.74) is -0.699. The lowest BCUT2D eigenvalue weighted by atomic mass is 9.85. The highest BCUT2D eigenvalue weighted by atomic mass is 16.5. The Balaban J connectivity index is 1.62. The molecule has 0 spiro atoms. The van der Waals surface area contributed by atoms with Crippen LogP contribution in [0.2, 0.25) is 0 Å². The lowest BCUT2D eigenvalue weighted by Gasteiger charge is -2.32. The summed E-state index contributed by atoms with van der Waals surface area (Å²) < 4.78 is 5.14. The molecule has 1 heterocycles. The van der Waals surface area contributed by atoms with E-state index in [-0.39, 0.29) is 5.91 Å². The van der Waals surface area contributed by atoms with E-state index in [0.29, 0.717) is 31.7 Å². The summed E-state index contributed by atoms with van der Waals surface area (Å²) in [6, 6.07) is 0. The zero-order valence-electron chi connectivity index (χ0n) is 13.4. The summed E-state index contributed by atoms with van der Waals surface area (Å²) in [4.78, 5) is 16.1. The molecule has 0 radical (unpaired) electrons. The topological polar surface area (TPSA) is 88.2 Å². The summed E-state index contributed by atoms with van der Waals surface area (Å²) >= 11 is 0. The molecule has 6 nitrogen and oxygen atoms in total. The minimum Gasteiger partial charge on any atom is -0.388 e. The zero-order chi connectivity index (χ0) is 15.8. The van der Waals surface area contributed by atoms with Gasteiger partial charge in [0.2, 0.25) is 11.8 Å². The Hall–Kier alpha value is -1.43. The number of aromatic nitrogens is 2. The molecule has 1 aromatic heterocycles. The third-order valence-electron chi connectivity index (χ3n) is 4.18. The van der Waals surface area contributed by atoms with Crippen molar-refractivity contribution in [1.29, 1.82) is 0 Å². The van der Waals surface area contributed by atoms with Crippen molar-refractivity contribution in [3.05, 3.63) is 11.7 Å². The Morgan fingerprint density at radius 2 is 2.09 bits per heavy atom. The van der Waals surface area contributed by atoms with Gasteiger partial charge in [0, 0.05) is 25.8 Å².